The van der Waals surface area contributed by atoms with E-state index in [-0.39, 0.29) is 58.2 Å². The van der Waals surface area contributed by atoms with E-state index >= 15 is 19.2 Å². The van der Waals surface area contributed by atoms with Gasteiger partial charge in [0.2, 0.25) is 53.2 Å². The second-order valence-corrected chi connectivity index (χ2v) is 34.9. The Labute approximate surface area is 667 Å². The fourth-order valence-electron chi connectivity index (χ4n) is 10.8. The number of alkyl carbamates (subject to hydrolysis) is 1. The van der Waals surface area contributed by atoms with Gasteiger partial charge in [0.25, 0.3) is 0 Å². The largest absolute Gasteiger partial charge is 0.488 e. The van der Waals surface area contributed by atoms with Crippen molar-refractivity contribution in [2.24, 2.45) is 5.92 Å². The lowest BCUT2D eigenvalue weighted by Gasteiger charge is -2.33. The summed E-state index contributed by atoms with van der Waals surface area (Å²) in [6, 6.07) is 9.71. The predicted octanol–water partition coefficient (Wildman–Crippen LogP) is 6.38. The average Bonchev–Trinajstić information content (AvgIpc) is 0.833. The van der Waals surface area contributed by atoms with Gasteiger partial charge in [-0.15, -0.1) is 0 Å². The molecule has 0 aliphatic carbocycles. The Balaban J connectivity index is 1.74. The number of nitrogens with one attached hydrogen (secondary N) is 10. The average molecular weight is 1610 g/mol. The van der Waals surface area contributed by atoms with Crippen molar-refractivity contribution in [1.82, 2.24) is 53.2 Å². The predicted molar refractivity (Wildman–Crippen MR) is 430 cm³/mol. The minimum absolute atomic E-state index is 0.00670. The highest BCUT2D eigenvalue weighted by molar-refractivity contribution is 8.76. The minimum Gasteiger partial charge on any atom is -0.488 e. The minimum atomic E-state index is -1.86. The van der Waals surface area contributed by atoms with Crippen molar-refractivity contribution in [2.45, 2.75) is 246 Å². The van der Waals surface area contributed by atoms with Crippen LogP contribution < -0.4 is 62.6 Å². The number of benzene rings is 3. The maximum atomic E-state index is 15.4. The number of hydrogen-bond donors (Lipinski definition) is 10. The van der Waals surface area contributed by atoms with Gasteiger partial charge in [-0.25, -0.2) is 9.59 Å². The highest BCUT2D eigenvalue weighted by atomic mass is 33.1. The van der Waals surface area contributed by atoms with Crippen LogP contribution in [-0.2, 0) is 95.6 Å². The van der Waals surface area contributed by atoms with Crippen molar-refractivity contribution in [3.8, 4) is 11.5 Å². The van der Waals surface area contributed by atoms with Gasteiger partial charge in [0.05, 0.1) is 49.8 Å². The zero-order chi connectivity index (χ0) is 82.8. The van der Waals surface area contributed by atoms with E-state index in [9.17, 15) is 33.6 Å². The first kappa shape index (κ1) is 95.5. The normalized spacial score (nSPS) is 18.7. The van der Waals surface area contributed by atoms with E-state index in [0.717, 1.165) is 5.75 Å². The van der Waals surface area contributed by atoms with Crippen LogP contribution in [0.15, 0.2) is 78.9 Å². The monoisotopic (exact) mass is 1610 g/mol. The van der Waals surface area contributed by atoms with Crippen LogP contribution in [0.25, 0.3) is 0 Å². The standard InChI is InChI=1S/C79H122N10O19S3/c1-20-49(5)64-72(97)82-56(35-40-109-19)74(99)103-44-60(70(95)84-58(43-53-29-33-55(34-30-53)108-79(16,17)18)68(93)83-59(69(94)88-64)41-51-25-23-22-24-26-51)86-73(98)65(50(6)106-77(10,11)12)89-71(96)61(45-104-76(7,8)9)85-67(92)57(42-52-27-31-54(32-28-52)107-78(13,14)15)81-63(90)46-102-39-38-101-37-36-80-66(91)62(47-111-110-21-2)87-75(100)105-48(3)4/h22-34,48-50,56-62,64-65H,20-21,35-47H2,1-19H3,(H,80,91)(H,81,90)(H,82,97)(H,83,93)(H,84,95)(H,85,92)(H,86,98)(H,87,100)(H,88,94)(H,89,96)/t49?,50?,56-,57-,58-,59-,60-,61-,62-,64-,65-/m0/s1. The first-order valence-electron chi connectivity index (χ1n) is 37.7. The Bertz CT molecular complexity index is 3460. The highest BCUT2D eigenvalue weighted by Crippen LogP contribution is 2.24. The maximum absolute atomic E-state index is 15.4. The molecular weight excluding hydrogens is 1490 g/mol. The number of thioether (sulfide) groups is 1. The number of amides is 10. The van der Waals surface area contributed by atoms with Crippen LogP contribution in [0.3, 0.4) is 0 Å². The Morgan fingerprint density at radius 2 is 1.13 bits per heavy atom. The summed E-state index contributed by atoms with van der Waals surface area (Å²) in [5, 5.41) is 27.5. The molecule has 0 saturated carbocycles. The molecule has 0 radical (unpaired) electrons. The molecule has 0 aromatic heterocycles. The molecule has 32 heteroatoms. The zero-order valence-corrected chi connectivity index (χ0v) is 70.5. The first-order chi connectivity index (χ1) is 52.1. The summed E-state index contributed by atoms with van der Waals surface area (Å²) in [5.74, 6) is -6.36. The van der Waals surface area contributed by atoms with Crippen molar-refractivity contribution in [3.05, 3.63) is 95.6 Å². The molecule has 10 N–H and O–H groups in total. The van der Waals surface area contributed by atoms with Crippen LogP contribution in [0.1, 0.15) is 154 Å². The number of esters is 1. The maximum Gasteiger partial charge on any atom is 0.408 e. The summed E-state index contributed by atoms with van der Waals surface area (Å²) < 4.78 is 47.0. The van der Waals surface area contributed by atoms with Gasteiger partial charge in [0.15, 0.2) is 0 Å². The summed E-state index contributed by atoms with van der Waals surface area (Å²) >= 11 is 1.38. The number of hydrogen-bond acceptors (Lipinski definition) is 22. The molecule has 0 bridgehead atoms. The van der Waals surface area contributed by atoms with Gasteiger partial charge in [-0.05, 0) is 169 Å². The molecule has 1 aliphatic heterocycles. The van der Waals surface area contributed by atoms with Crippen LogP contribution >= 0.6 is 33.3 Å². The van der Waals surface area contributed by atoms with Crippen molar-refractivity contribution >= 4 is 98.6 Å². The Kier molecular flexibility index (Phi) is 40.4. The number of ether oxygens (including phenoxy) is 8. The number of rotatable bonds is 39. The smallest absolute Gasteiger partial charge is 0.408 e. The molecule has 3 aromatic carbocycles. The van der Waals surface area contributed by atoms with Crippen molar-refractivity contribution in [3.63, 3.8) is 0 Å². The van der Waals surface area contributed by atoms with E-state index in [2.05, 4.69) is 53.2 Å². The van der Waals surface area contributed by atoms with E-state index in [1.54, 1.807) is 158 Å². The van der Waals surface area contributed by atoms with Crippen LogP contribution in [-0.4, -0.2) is 224 Å². The van der Waals surface area contributed by atoms with Gasteiger partial charge >= 0.3 is 12.1 Å². The summed E-state index contributed by atoms with van der Waals surface area (Å²) in [7, 11) is 2.98. The molecule has 10 amide bonds. The highest BCUT2D eigenvalue weighted by Gasteiger charge is 2.40. The zero-order valence-electron chi connectivity index (χ0n) is 68.0. The van der Waals surface area contributed by atoms with Gasteiger partial charge in [0.1, 0.15) is 90.3 Å². The molecule has 1 fully saturated rings. The fraction of sp³-hybridized carbons (Fsp3) is 0.633. The van der Waals surface area contributed by atoms with Crippen LogP contribution in [0, 0.1) is 5.92 Å². The molecule has 1 aliphatic rings. The lowest BCUT2D eigenvalue weighted by molar-refractivity contribution is -0.151. The van der Waals surface area contributed by atoms with Crippen LogP contribution in [0.4, 0.5) is 4.79 Å². The third-order valence-corrected chi connectivity index (χ3v) is 19.4. The SMILES string of the molecule is CCSSC[C@H](NC(=O)OC(C)C)C(=O)NCCOCCOCC(=O)N[C@@H](Cc1ccc(OC(C)(C)C)cc1)C(=O)N[C@@H](COC(C)(C)C)C(=O)N[C@H](C(=O)N[C@H]1COC(=O)[C@H](CCSC)NC(=O)[C@H](C(C)CC)NC(=O)[C@H](Cc2ccccc2)NC(=O)[C@H](Cc2ccc(OC(C)(C)C)cc2)NC1=O)C(C)OC(C)(C)C. The first-order valence-corrected chi connectivity index (χ1v) is 41.6. The number of carbonyl (C=O) groups is 11. The van der Waals surface area contributed by atoms with E-state index in [4.69, 9.17) is 37.9 Å². The summed E-state index contributed by atoms with van der Waals surface area (Å²) in [6.07, 6.45) is -0.446. The van der Waals surface area contributed by atoms with E-state index in [0.29, 0.717) is 46.1 Å². The van der Waals surface area contributed by atoms with Gasteiger partial charge in [0, 0.05) is 37.3 Å². The molecule has 620 valence electrons. The third kappa shape index (κ3) is 38.0. The van der Waals surface area contributed by atoms with Crippen molar-refractivity contribution in [2.75, 3.05) is 69.7 Å². The number of carbonyl (C=O) groups excluding carboxylic acids is 11. The molecule has 2 unspecified atom stereocenters. The fourth-order valence-corrected chi connectivity index (χ4v) is 13.1. The molecule has 0 spiro atoms. The second kappa shape index (κ2) is 47.0. The summed E-state index contributed by atoms with van der Waals surface area (Å²) in [4.78, 5) is 159. The number of cyclic esters (lactones) is 1. The Hall–Kier alpha value is -7.88. The molecule has 111 heavy (non-hydrogen) atoms. The van der Waals surface area contributed by atoms with Crippen LogP contribution in [0.5, 0.6) is 11.5 Å². The molecule has 29 nitrogen and oxygen atoms in total. The molecule has 1 saturated heterocycles. The third-order valence-electron chi connectivity index (χ3n) is 16.2. The van der Waals surface area contributed by atoms with Gasteiger partial charge in [-0.2, -0.15) is 11.8 Å². The summed E-state index contributed by atoms with van der Waals surface area (Å²) in [6.45, 7) is 30.2. The lowest BCUT2D eigenvalue weighted by Crippen LogP contribution is -2.64. The second-order valence-electron chi connectivity index (χ2n) is 31.2. The summed E-state index contributed by atoms with van der Waals surface area (Å²) in [5.41, 5.74) is -1.25. The van der Waals surface area contributed by atoms with Crippen LogP contribution in [0.2, 0.25) is 0 Å². The molecule has 11 atom stereocenters. The van der Waals surface area contributed by atoms with Gasteiger partial charge < -0.3 is 91.1 Å². The van der Waals surface area contributed by atoms with E-state index < -0.39 is 174 Å². The molecule has 3 aromatic rings. The molecule has 1 heterocycles. The lowest BCUT2D eigenvalue weighted by atomic mass is 9.96. The topological polar surface area (TPSA) is 382 Å². The Morgan fingerprint density at radius 3 is 1.68 bits per heavy atom. The van der Waals surface area contributed by atoms with Gasteiger partial charge in [-0.1, -0.05) is 103 Å². The molecule has 4 rings (SSSR count). The van der Waals surface area contributed by atoms with Crippen molar-refractivity contribution < 1.29 is 90.6 Å². The van der Waals surface area contributed by atoms with Crippen molar-refractivity contribution in [1.29, 1.82) is 0 Å². The van der Waals surface area contributed by atoms with Gasteiger partial charge in [-0.3, -0.25) is 43.2 Å². The quantitative estimate of drug-likeness (QED) is 0.0168. The molecular formula is C79H122N10O19S3. The van der Waals surface area contributed by atoms with E-state index in [1.807, 2.05) is 55.4 Å². The Morgan fingerprint density at radius 1 is 0.568 bits per heavy atom. The van der Waals surface area contributed by atoms with E-state index in [1.165, 1.54) is 29.5 Å².